The van der Waals surface area contributed by atoms with E-state index in [2.05, 4.69) is 111 Å². The van der Waals surface area contributed by atoms with Crippen LogP contribution in [-0.4, -0.2) is 4.57 Å². The predicted octanol–water partition coefficient (Wildman–Crippen LogP) is 9.06. The number of benzene rings is 4. The van der Waals surface area contributed by atoms with E-state index in [4.69, 9.17) is 11.6 Å². The summed E-state index contributed by atoms with van der Waals surface area (Å²) in [4.78, 5) is 0. The second-order valence-corrected chi connectivity index (χ2v) is 11.2. The zero-order chi connectivity index (χ0) is 23.0. The van der Waals surface area contributed by atoms with Gasteiger partial charge in [0.1, 0.15) is 0 Å². The van der Waals surface area contributed by atoms with Gasteiger partial charge in [0, 0.05) is 21.5 Å². The Labute approximate surface area is 200 Å². The van der Waals surface area contributed by atoms with Crippen molar-refractivity contribution in [1.82, 2.24) is 4.57 Å². The third kappa shape index (κ3) is 3.06. The lowest BCUT2D eigenvalue weighted by Crippen LogP contribution is -2.18. The average Bonchev–Trinajstić information content (AvgIpc) is 3.21. The van der Waals surface area contributed by atoms with Crippen LogP contribution in [0.4, 0.5) is 0 Å². The first-order valence-electron chi connectivity index (χ1n) is 11.7. The highest BCUT2D eigenvalue weighted by Gasteiger charge is 2.43. The Kier molecular flexibility index (Phi) is 4.35. The Morgan fingerprint density at radius 3 is 2.30 bits per heavy atom. The summed E-state index contributed by atoms with van der Waals surface area (Å²) < 4.78 is 2.36. The largest absolute Gasteiger partial charge is 0.309 e. The summed E-state index contributed by atoms with van der Waals surface area (Å²) in [6.45, 7) is 9.54. The van der Waals surface area contributed by atoms with Gasteiger partial charge in [0.2, 0.25) is 0 Å². The summed E-state index contributed by atoms with van der Waals surface area (Å²) in [5, 5.41) is 3.18. The van der Waals surface area contributed by atoms with E-state index in [1.807, 2.05) is 6.07 Å². The number of halogens is 1. The summed E-state index contributed by atoms with van der Waals surface area (Å²) in [5.74, 6) is 0. The molecule has 0 fully saturated rings. The Hall–Kier alpha value is -3.03. The van der Waals surface area contributed by atoms with Gasteiger partial charge in [0.25, 0.3) is 0 Å². The minimum absolute atomic E-state index is 0.148. The monoisotopic (exact) mass is 449 g/mol. The topological polar surface area (TPSA) is 4.93 Å². The highest BCUT2D eigenvalue weighted by Crippen LogP contribution is 2.52. The maximum absolute atomic E-state index is 6.37. The number of nitrogens with zero attached hydrogens (tertiary/aromatic N) is 1. The molecule has 0 spiro atoms. The van der Waals surface area contributed by atoms with Gasteiger partial charge in [-0.2, -0.15) is 0 Å². The summed E-state index contributed by atoms with van der Waals surface area (Å²) in [5.41, 5.74) is 9.51. The fraction of sp³-hybridized carbons (Fsp3) is 0.226. The van der Waals surface area contributed by atoms with Gasteiger partial charge in [-0.1, -0.05) is 87.8 Å². The molecule has 1 aromatic heterocycles. The highest BCUT2D eigenvalue weighted by molar-refractivity contribution is 6.32. The van der Waals surface area contributed by atoms with Gasteiger partial charge in [-0.05, 0) is 75.9 Å². The molecular formula is C31H28ClN. The van der Waals surface area contributed by atoms with Crippen LogP contribution in [0.3, 0.4) is 0 Å². The van der Waals surface area contributed by atoms with Crippen LogP contribution in [0.5, 0.6) is 0 Å². The Morgan fingerprint density at radius 2 is 1.45 bits per heavy atom. The van der Waals surface area contributed by atoms with Crippen LogP contribution < -0.4 is 0 Å². The van der Waals surface area contributed by atoms with Crippen LogP contribution in [0.1, 0.15) is 45.2 Å². The zero-order valence-electron chi connectivity index (χ0n) is 19.6. The molecular weight excluding hydrogens is 422 g/mol. The fourth-order valence-corrected chi connectivity index (χ4v) is 6.58. The van der Waals surface area contributed by atoms with E-state index in [0.29, 0.717) is 0 Å². The molecule has 0 amide bonds. The molecule has 0 unspecified atom stereocenters. The second-order valence-electron chi connectivity index (χ2n) is 10.7. The van der Waals surface area contributed by atoms with Crippen molar-refractivity contribution in [2.24, 2.45) is 0 Å². The van der Waals surface area contributed by atoms with Gasteiger partial charge in [-0.15, -0.1) is 0 Å². The molecule has 0 radical (unpaired) electrons. The summed E-state index contributed by atoms with van der Waals surface area (Å²) in [7, 11) is 0. The molecule has 1 aliphatic rings. The van der Waals surface area contributed by atoms with Crippen LogP contribution in [0.15, 0.2) is 84.9 Å². The van der Waals surface area contributed by atoms with E-state index in [1.165, 1.54) is 56.2 Å². The summed E-state index contributed by atoms with van der Waals surface area (Å²) >= 11 is 6.37. The third-order valence-electron chi connectivity index (χ3n) is 7.40. The molecule has 1 heterocycles. The van der Waals surface area contributed by atoms with E-state index >= 15 is 0 Å². The molecule has 0 bridgehead atoms. The molecule has 164 valence electrons. The second kappa shape index (κ2) is 6.98. The van der Waals surface area contributed by atoms with Gasteiger partial charge in [0.15, 0.2) is 0 Å². The van der Waals surface area contributed by atoms with Crippen molar-refractivity contribution in [2.45, 2.75) is 44.9 Å². The maximum atomic E-state index is 6.37. The predicted molar refractivity (Wildman–Crippen MR) is 142 cm³/mol. The van der Waals surface area contributed by atoms with Crippen molar-refractivity contribution in [1.29, 1.82) is 0 Å². The Balaban J connectivity index is 1.61. The number of rotatable bonds is 2. The number of fused-ring (bicyclic) bond motifs is 4. The first-order chi connectivity index (χ1) is 15.8. The Morgan fingerprint density at radius 1 is 0.697 bits per heavy atom. The van der Waals surface area contributed by atoms with Gasteiger partial charge >= 0.3 is 0 Å². The van der Waals surface area contributed by atoms with E-state index in [-0.39, 0.29) is 10.8 Å². The normalized spacial score (nSPS) is 16.4. The molecule has 0 atom stereocenters. The highest BCUT2D eigenvalue weighted by atomic mass is 35.5. The van der Waals surface area contributed by atoms with Crippen molar-refractivity contribution in [3.8, 4) is 16.8 Å². The zero-order valence-corrected chi connectivity index (χ0v) is 20.4. The van der Waals surface area contributed by atoms with Crippen molar-refractivity contribution in [2.75, 3.05) is 0 Å². The molecule has 6 rings (SSSR count). The molecule has 33 heavy (non-hydrogen) atoms. The Bertz CT molecular complexity index is 1550. The number of para-hydroxylation sites is 1. The molecule has 4 aromatic carbocycles. The molecule has 0 saturated carbocycles. The van der Waals surface area contributed by atoms with E-state index in [9.17, 15) is 0 Å². The van der Waals surface area contributed by atoms with Crippen molar-refractivity contribution in [3.63, 3.8) is 0 Å². The molecule has 0 N–H and O–H groups in total. The van der Waals surface area contributed by atoms with Crippen molar-refractivity contribution < 1.29 is 0 Å². The van der Waals surface area contributed by atoms with Gasteiger partial charge in [-0.25, -0.2) is 0 Å². The third-order valence-corrected chi connectivity index (χ3v) is 7.64. The smallest absolute Gasteiger partial charge is 0.0542 e. The average molecular weight is 450 g/mol. The molecule has 2 heteroatoms. The van der Waals surface area contributed by atoms with Crippen LogP contribution in [0.25, 0.3) is 38.6 Å². The first-order valence-corrected chi connectivity index (χ1v) is 12.1. The first kappa shape index (κ1) is 20.6. The molecule has 5 aromatic rings. The van der Waals surface area contributed by atoms with Gasteiger partial charge < -0.3 is 4.57 Å². The minimum Gasteiger partial charge on any atom is -0.309 e. The van der Waals surface area contributed by atoms with Crippen LogP contribution >= 0.6 is 11.6 Å². The molecule has 1 nitrogen and oxygen atoms in total. The maximum Gasteiger partial charge on any atom is 0.0542 e. The quantitative estimate of drug-likeness (QED) is 0.253. The lowest BCUT2D eigenvalue weighted by molar-refractivity contribution is 0.403. The standard InChI is InChI=1S/C31H28ClN/c1-30(2)19-31(3,4)29-23(12-8-13-26(29)30)20-9-7-10-22(17-20)33-27-14-6-5-11-24(27)25-18-21(32)15-16-28(25)33/h5-18H,19H2,1-4H3. The number of hydrogen-bond acceptors (Lipinski definition) is 0. The SMILES string of the molecule is CC1(C)CC(C)(C)c2c(-c3cccc(-n4c5ccccc5c5cc(Cl)ccc54)c3)cccc21. The lowest BCUT2D eigenvalue weighted by Gasteiger charge is -2.24. The van der Waals surface area contributed by atoms with E-state index in [0.717, 1.165) is 5.02 Å². The van der Waals surface area contributed by atoms with Crippen LogP contribution in [0, 0.1) is 0 Å². The lowest BCUT2D eigenvalue weighted by atomic mass is 9.80. The summed E-state index contributed by atoms with van der Waals surface area (Å²) in [6, 6.07) is 30.6. The van der Waals surface area contributed by atoms with Crippen molar-refractivity contribution >= 4 is 33.4 Å². The van der Waals surface area contributed by atoms with Crippen LogP contribution in [-0.2, 0) is 10.8 Å². The van der Waals surface area contributed by atoms with Gasteiger partial charge in [0.05, 0.1) is 11.0 Å². The summed E-state index contributed by atoms with van der Waals surface area (Å²) in [6.07, 6.45) is 1.17. The molecule has 1 aliphatic carbocycles. The molecule has 0 aliphatic heterocycles. The fourth-order valence-electron chi connectivity index (χ4n) is 6.41. The van der Waals surface area contributed by atoms with E-state index < -0.39 is 0 Å². The number of hydrogen-bond donors (Lipinski definition) is 0. The van der Waals surface area contributed by atoms with Gasteiger partial charge in [-0.3, -0.25) is 0 Å². The van der Waals surface area contributed by atoms with Crippen molar-refractivity contribution in [3.05, 3.63) is 101 Å². The number of aromatic nitrogens is 1. The minimum atomic E-state index is 0.148. The van der Waals surface area contributed by atoms with Crippen LogP contribution in [0.2, 0.25) is 5.02 Å². The molecule has 0 saturated heterocycles. The van der Waals surface area contributed by atoms with E-state index in [1.54, 1.807) is 0 Å².